The summed E-state index contributed by atoms with van der Waals surface area (Å²) >= 11 is 0. The van der Waals surface area contributed by atoms with Crippen LogP contribution in [-0.2, 0) is 9.47 Å². The molecule has 2 heterocycles. The topological polar surface area (TPSA) is 54.0 Å². The lowest BCUT2D eigenvalue weighted by Gasteiger charge is -2.25. The highest BCUT2D eigenvalue weighted by molar-refractivity contribution is 5.68. The summed E-state index contributed by atoms with van der Waals surface area (Å²) in [5.41, 5.74) is -0.461. The van der Waals surface area contributed by atoms with E-state index in [9.17, 15) is 4.79 Å². The van der Waals surface area contributed by atoms with Gasteiger partial charge in [0, 0.05) is 19.7 Å². The minimum atomic E-state index is -0.461. The van der Waals surface area contributed by atoms with E-state index >= 15 is 0 Å². The molecule has 134 valence electrons. The summed E-state index contributed by atoms with van der Waals surface area (Å²) in [5, 5.41) is 3.73. The Morgan fingerprint density at radius 1 is 1.17 bits per heavy atom. The highest BCUT2D eigenvalue weighted by Crippen LogP contribution is 2.19. The first-order valence-electron chi connectivity index (χ1n) is 8.74. The average Bonchev–Trinajstić information content (AvgIpc) is 2.74. The number of hydrogen-bond acceptors (Lipinski definition) is 5. The Labute approximate surface area is 140 Å². The molecule has 2 fully saturated rings. The molecule has 2 rings (SSSR count). The van der Waals surface area contributed by atoms with Gasteiger partial charge < -0.3 is 24.6 Å². The third-order valence-electron chi connectivity index (χ3n) is 4.62. The molecule has 2 saturated heterocycles. The van der Waals surface area contributed by atoms with Crippen molar-refractivity contribution in [3.63, 3.8) is 0 Å². The standard InChI is InChI=1S/C17H33N3O3/c1-17(2,3)23-16(21)20-11-14(15(12-20)22-5)18-13-7-6-9-19(4)10-8-13/h13-15,18H,6-12H2,1-5H3/t13?,14?,15-/m0/s1. The molecule has 0 radical (unpaired) electrons. The normalized spacial score (nSPS) is 30.3. The monoisotopic (exact) mass is 327 g/mol. The van der Waals surface area contributed by atoms with Gasteiger partial charge in [0.25, 0.3) is 0 Å². The summed E-state index contributed by atoms with van der Waals surface area (Å²) in [5.74, 6) is 0. The minimum absolute atomic E-state index is 0.0310. The number of ether oxygens (including phenoxy) is 2. The van der Waals surface area contributed by atoms with Gasteiger partial charge in [0.1, 0.15) is 5.60 Å². The van der Waals surface area contributed by atoms with Crippen LogP contribution in [0.2, 0.25) is 0 Å². The molecular formula is C17H33N3O3. The van der Waals surface area contributed by atoms with Gasteiger partial charge in [-0.25, -0.2) is 4.79 Å². The second-order valence-corrected chi connectivity index (χ2v) is 7.86. The third kappa shape index (κ3) is 5.62. The SMILES string of the molecule is CO[C@H]1CN(C(=O)OC(C)(C)C)CC1NC1CCCN(C)CC1. The van der Waals surface area contributed by atoms with Crippen LogP contribution in [0.3, 0.4) is 0 Å². The van der Waals surface area contributed by atoms with Crippen LogP contribution in [0.25, 0.3) is 0 Å². The largest absolute Gasteiger partial charge is 0.444 e. The summed E-state index contributed by atoms with van der Waals surface area (Å²) in [6, 6.07) is 0.683. The smallest absolute Gasteiger partial charge is 0.410 e. The van der Waals surface area contributed by atoms with Gasteiger partial charge in [-0.05, 0) is 60.2 Å². The van der Waals surface area contributed by atoms with Crippen molar-refractivity contribution < 1.29 is 14.3 Å². The molecular weight excluding hydrogens is 294 g/mol. The van der Waals surface area contributed by atoms with Crippen molar-refractivity contribution in [2.45, 2.75) is 63.8 Å². The second kappa shape index (κ2) is 7.81. The number of nitrogens with zero attached hydrogens (tertiary/aromatic N) is 2. The molecule has 0 aliphatic carbocycles. The van der Waals surface area contributed by atoms with Crippen LogP contribution in [0.5, 0.6) is 0 Å². The summed E-state index contributed by atoms with van der Waals surface area (Å²) in [6.45, 7) is 9.22. The number of rotatable bonds is 3. The van der Waals surface area contributed by atoms with Gasteiger partial charge in [0.05, 0.1) is 18.7 Å². The third-order valence-corrected chi connectivity index (χ3v) is 4.62. The van der Waals surface area contributed by atoms with Crippen molar-refractivity contribution >= 4 is 6.09 Å². The summed E-state index contributed by atoms with van der Waals surface area (Å²) in [7, 11) is 3.90. The molecule has 1 N–H and O–H groups in total. The van der Waals surface area contributed by atoms with Crippen molar-refractivity contribution in [1.29, 1.82) is 0 Å². The quantitative estimate of drug-likeness (QED) is 0.855. The Hall–Kier alpha value is -0.850. The predicted molar refractivity (Wildman–Crippen MR) is 90.7 cm³/mol. The lowest BCUT2D eigenvalue weighted by Crippen LogP contribution is -2.46. The fourth-order valence-electron chi connectivity index (χ4n) is 3.36. The summed E-state index contributed by atoms with van der Waals surface area (Å²) in [4.78, 5) is 16.4. The van der Waals surface area contributed by atoms with Gasteiger partial charge in [-0.3, -0.25) is 0 Å². The number of nitrogens with one attached hydrogen (secondary N) is 1. The van der Waals surface area contributed by atoms with Gasteiger partial charge in [0.2, 0.25) is 0 Å². The van der Waals surface area contributed by atoms with Crippen molar-refractivity contribution in [2.75, 3.05) is 40.3 Å². The van der Waals surface area contributed by atoms with Crippen molar-refractivity contribution in [2.24, 2.45) is 0 Å². The van der Waals surface area contributed by atoms with Crippen LogP contribution in [0, 0.1) is 0 Å². The van der Waals surface area contributed by atoms with Gasteiger partial charge in [0.15, 0.2) is 0 Å². The molecule has 0 saturated carbocycles. The molecule has 0 aromatic carbocycles. The minimum Gasteiger partial charge on any atom is -0.444 e. The zero-order valence-corrected chi connectivity index (χ0v) is 15.3. The van der Waals surface area contributed by atoms with Crippen molar-refractivity contribution in [1.82, 2.24) is 15.1 Å². The highest BCUT2D eigenvalue weighted by atomic mass is 16.6. The lowest BCUT2D eigenvalue weighted by molar-refractivity contribution is 0.0252. The van der Waals surface area contributed by atoms with Crippen LogP contribution in [0.4, 0.5) is 4.79 Å². The summed E-state index contributed by atoms with van der Waals surface area (Å²) < 4.78 is 11.1. The fourth-order valence-corrected chi connectivity index (χ4v) is 3.36. The maximum atomic E-state index is 12.3. The molecule has 6 nitrogen and oxygen atoms in total. The number of amides is 1. The van der Waals surface area contributed by atoms with Gasteiger partial charge in [-0.15, -0.1) is 0 Å². The first-order chi connectivity index (χ1) is 10.8. The van der Waals surface area contributed by atoms with Crippen LogP contribution in [0.1, 0.15) is 40.0 Å². The molecule has 6 heteroatoms. The second-order valence-electron chi connectivity index (χ2n) is 7.86. The maximum Gasteiger partial charge on any atom is 0.410 e. The molecule has 0 aromatic heterocycles. The Morgan fingerprint density at radius 2 is 1.91 bits per heavy atom. The molecule has 1 amide bonds. The van der Waals surface area contributed by atoms with E-state index < -0.39 is 5.60 Å². The van der Waals surface area contributed by atoms with Crippen LogP contribution >= 0.6 is 0 Å². The first kappa shape index (κ1) is 18.5. The Bertz CT molecular complexity index is 397. The molecule has 2 unspecified atom stereocenters. The van der Waals surface area contributed by atoms with E-state index in [2.05, 4.69) is 17.3 Å². The molecule has 0 bridgehead atoms. The van der Waals surface area contributed by atoms with Gasteiger partial charge in [-0.2, -0.15) is 0 Å². The van der Waals surface area contributed by atoms with Crippen LogP contribution < -0.4 is 5.32 Å². The van der Waals surface area contributed by atoms with E-state index in [1.54, 1.807) is 12.0 Å². The molecule has 0 aromatic rings. The van der Waals surface area contributed by atoms with E-state index in [0.717, 1.165) is 13.0 Å². The van der Waals surface area contributed by atoms with E-state index in [0.29, 0.717) is 19.1 Å². The van der Waals surface area contributed by atoms with E-state index in [1.165, 1.54) is 19.4 Å². The van der Waals surface area contributed by atoms with Crippen LogP contribution in [0.15, 0.2) is 0 Å². The zero-order chi connectivity index (χ0) is 17.0. The van der Waals surface area contributed by atoms with E-state index in [1.807, 2.05) is 20.8 Å². The van der Waals surface area contributed by atoms with Gasteiger partial charge in [-0.1, -0.05) is 0 Å². The number of carbonyl (C=O) groups is 1. The molecule has 2 aliphatic heterocycles. The summed E-state index contributed by atoms with van der Waals surface area (Å²) in [6.07, 6.45) is 3.33. The molecule has 23 heavy (non-hydrogen) atoms. The highest BCUT2D eigenvalue weighted by Gasteiger charge is 2.38. The Balaban J connectivity index is 1.90. The Morgan fingerprint density at radius 3 is 2.57 bits per heavy atom. The Kier molecular flexibility index (Phi) is 6.28. The number of hydrogen-bond donors (Lipinski definition) is 1. The zero-order valence-electron chi connectivity index (χ0n) is 15.3. The van der Waals surface area contributed by atoms with Crippen molar-refractivity contribution in [3.8, 4) is 0 Å². The van der Waals surface area contributed by atoms with Crippen molar-refractivity contribution in [3.05, 3.63) is 0 Å². The molecule has 2 aliphatic rings. The predicted octanol–water partition coefficient (Wildman–Crippen LogP) is 1.69. The number of carbonyl (C=O) groups excluding carboxylic acids is 1. The first-order valence-corrected chi connectivity index (χ1v) is 8.74. The van der Waals surface area contributed by atoms with Crippen LogP contribution in [-0.4, -0.2) is 80.0 Å². The maximum absolute atomic E-state index is 12.3. The number of likely N-dealkylation sites (tertiary alicyclic amines) is 2. The van der Waals surface area contributed by atoms with Gasteiger partial charge >= 0.3 is 6.09 Å². The van der Waals surface area contributed by atoms with E-state index in [-0.39, 0.29) is 18.2 Å². The van der Waals surface area contributed by atoms with E-state index in [4.69, 9.17) is 9.47 Å². The molecule has 0 spiro atoms. The number of methoxy groups -OCH3 is 1. The fraction of sp³-hybridized carbons (Fsp3) is 0.941. The molecule has 3 atom stereocenters. The lowest BCUT2D eigenvalue weighted by atomic mass is 10.1. The average molecular weight is 327 g/mol.